The van der Waals surface area contributed by atoms with E-state index in [1.165, 1.54) is 11.0 Å². The van der Waals surface area contributed by atoms with Crippen LogP contribution in [0.1, 0.15) is 31.7 Å². The first-order valence-corrected chi connectivity index (χ1v) is 8.51. The van der Waals surface area contributed by atoms with E-state index in [2.05, 4.69) is 19.2 Å². The summed E-state index contributed by atoms with van der Waals surface area (Å²) in [4.78, 5) is 25.8. The molecule has 1 aliphatic rings. The Morgan fingerprint density at radius 2 is 1.85 bits per heavy atom. The minimum atomic E-state index is -0.816. The van der Waals surface area contributed by atoms with Crippen molar-refractivity contribution in [3.63, 3.8) is 0 Å². The molecule has 1 aliphatic heterocycles. The summed E-state index contributed by atoms with van der Waals surface area (Å²) < 4.78 is 27.0. The number of hydrogen-bond donors (Lipinski definition) is 1. The molecular weight excluding hydrogens is 338 g/mol. The average molecular weight is 358 g/mol. The molecule has 1 atom stereocenters. The Morgan fingerprint density at radius 1 is 1.15 bits per heavy atom. The van der Waals surface area contributed by atoms with Crippen LogP contribution in [-0.4, -0.2) is 18.4 Å². The van der Waals surface area contributed by atoms with E-state index in [0.29, 0.717) is 11.6 Å². The van der Waals surface area contributed by atoms with Gasteiger partial charge in [-0.25, -0.2) is 8.78 Å². The maximum absolute atomic E-state index is 13.9. The molecule has 2 aromatic carbocycles. The van der Waals surface area contributed by atoms with Gasteiger partial charge < -0.3 is 10.2 Å². The van der Waals surface area contributed by atoms with Gasteiger partial charge in [0.05, 0.1) is 11.6 Å². The standard InChI is InChI=1S/C20H20F2N2O2/c1-12(2)13-3-6-16(7-4-13)23-20(26)14-9-19(25)24(11-14)18-8-5-15(21)10-17(18)22/h3-8,10,12,14H,9,11H2,1-2H3,(H,23,26). The summed E-state index contributed by atoms with van der Waals surface area (Å²) in [6, 6.07) is 10.6. The van der Waals surface area contributed by atoms with Gasteiger partial charge in [-0.3, -0.25) is 9.59 Å². The summed E-state index contributed by atoms with van der Waals surface area (Å²) in [6.45, 7) is 4.24. The van der Waals surface area contributed by atoms with E-state index in [4.69, 9.17) is 0 Å². The highest BCUT2D eigenvalue weighted by Crippen LogP contribution is 2.28. The summed E-state index contributed by atoms with van der Waals surface area (Å²) in [7, 11) is 0. The lowest BCUT2D eigenvalue weighted by Crippen LogP contribution is -2.28. The molecule has 3 rings (SSSR count). The lowest BCUT2D eigenvalue weighted by atomic mass is 10.0. The number of hydrogen-bond acceptors (Lipinski definition) is 2. The van der Waals surface area contributed by atoms with Crippen molar-refractivity contribution < 1.29 is 18.4 Å². The zero-order valence-corrected chi connectivity index (χ0v) is 14.6. The Morgan fingerprint density at radius 3 is 2.46 bits per heavy atom. The molecule has 26 heavy (non-hydrogen) atoms. The highest BCUT2D eigenvalue weighted by Gasteiger charge is 2.36. The van der Waals surface area contributed by atoms with Gasteiger partial charge in [0.2, 0.25) is 11.8 Å². The van der Waals surface area contributed by atoms with E-state index < -0.39 is 17.6 Å². The molecule has 0 aliphatic carbocycles. The van der Waals surface area contributed by atoms with Crippen LogP contribution in [0, 0.1) is 17.6 Å². The zero-order chi connectivity index (χ0) is 18.8. The molecule has 1 unspecified atom stereocenters. The maximum Gasteiger partial charge on any atom is 0.229 e. The van der Waals surface area contributed by atoms with Gasteiger partial charge in [0.15, 0.2) is 0 Å². The number of benzene rings is 2. The summed E-state index contributed by atoms with van der Waals surface area (Å²) in [5.74, 6) is -2.37. The van der Waals surface area contributed by atoms with E-state index in [1.54, 1.807) is 0 Å². The molecule has 6 heteroatoms. The minimum Gasteiger partial charge on any atom is -0.326 e. The van der Waals surface area contributed by atoms with Crippen molar-refractivity contribution in [1.29, 1.82) is 0 Å². The van der Waals surface area contributed by atoms with Gasteiger partial charge in [0.25, 0.3) is 0 Å². The molecule has 2 amide bonds. The monoisotopic (exact) mass is 358 g/mol. The molecule has 0 radical (unpaired) electrons. The lowest BCUT2D eigenvalue weighted by Gasteiger charge is -2.17. The number of carbonyl (C=O) groups is 2. The molecule has 4 nitrogen and oxygen atoms in total. The van der Waals surface area contributed by atoms with Gasteiger partial charge in [0, 0.05) is 24.7 Å². The number of carbonyl (C=O) groups excluding carboxylic acids is 2. The Labute approximate surface area is 150 Å². The average Bonchev–Trinajstić information content (AvgIpc) is 2.97. The number of rotatable bonds is 4. The summed E-state index contributed by atoms with van der Waals surface area (Å²) in [5, 5.41) is 2.79. The Balaban J connectivity index is 1.68. The van der Waals surface area contributed by atoms with Crippen LogP contribution in [0.5, 0.6) is 0 Å². The minimum absolute atomic E-state index is 0.00649. The molecule has 0 spiro atoms. The lowest BCUT2D eigenvalue weighted by molar-refractivity contribution is -0.122. The second-order valence-electron chi connectivity index (χ2n) is 6.77. The van der Waals surface area contributed by atoms with Crippen molar-refractivity contribution in [2.45, 2.75) is 26.2 Å². The van der Waals surface area contributed by atoms with E-state index in [0.717, 1.165) is 17.7 Å². The molecule has 1 fully saturated rings. The highest BCUT2D eigenvalue weighted by atomic mass is 19.1. The fraction of sp³-hybridized carbons (Fsp3) is 0.300. The molecule has 136 valence electrons. The number of nitrogens with zero attached hydrogens (tertiary/aromatic N) is 1. The van der Waals surface area contributed by atoms with E-state index in [-0.39, 0.29) is 30.5 Å². The van der Waals surface area contributed by atoms with Gasteiger partial charge >= 0.3 is 0 Å². The predicted molar refractivity (Wildman–Crippen MR) is 96.0 cm³/mol. The van der Waals surface area contributed by atoms with Crippen LogP contribution in [0.2, 0.25) is 0 Å². The van der Waals surface area contributed by atoms with Crippen molar-refractivity contribution in [2.24, 2.45) is 5.92 Å². The van der Waals surface area contributed by atoms with Crippen LogP contribution in [0.25, 0.3) is 0 Å². The van der Waals surface area contributed by atoms with Crippen molar-refractivity contribution in [1.82, 2.24) is 0 Å². The third-order valence-corrected chi connectivity index (χ3v) is 4.54. The van der Waals surface area contributed by atoms with Crippen molar-refractivity contribution in [3.8, 4) is 0 Å². The van der Waals surface area contributed by atoms with Crippen LogP contribution in [0.4, 0.5) is 20.2 Å². The number of amides is 2. The van der Waals surface area contributed by atoms with Crippen molar-refractivity contribution in [2.75, 3.05) is 16.8 Å². The molecule has 0 aromatic heterocycles. The quantitative estimate of drug-likeness (QED) is 0.895. The second kappa shape index (κ2) is 7.23. The van der Waals surface area contributed by atoms with E-state index >= 15 is 0 Å². The second-order valence-corrected chi connectivity index (χ2v) is 6.77. The van der Waals surface area contributed by atoms with Crippen LogP contribution in [-0.2, 0) is 9.59 Å². The SMILES string of the molecule is CC(C)c1ccc(NC(=O)C2CC(=O)N(c3ccc(F)cc3F)C2)cc1. The molecular formula is C20H20F2N2O2. The zero-order valence-electron chi connectivity index (χ0n) is 14.6. The summed E-state index contributed by atoms with van der Waals surface area (Å²) in [6.07, 6.45) is -0.00721. The topological polar surface area (TPSA) is 49.4 Å². The first-order valence-electron chi connectivity index (χ1n) is 8.51. The third kappa shape index (κ3) is 3.74. The number of nitrogens with one attached hydrogen (secondary N) is 1. The molecule has 0 bridgehead atoms. The first-order chi connectivity index (χ1) is 12.3. The van der Waals surface area contributed by atoms with Crippen LogP contribution < -0.4 is 10.2 Å². The maximum atomic E-state index is 13.9. The van der Waals surface area contributed by atoms with Crippen molar-refractivity contribution in [3.05, 3.63) is 59.7 Å². The van der Waals surface area contributed by atoms with Crippen molar-refractivity contribution >= 4 is 23.2 Å². The molecule has 1 N–H and O–H groups in total. The van der Waals surface area contributed by atoms with Gasteiger partial charge in [-0.05, 0) is 35.7 Å². The van der Waals surface area contributed by atoms with Gasteiger partial charge in [-0.1, -0.05) is 26.0 Å². The molecule has 1 saturated heterocycles. The third-order valence-electron chi connectivity index (χ3n) is 4.54. The van der Waals surface area contributed by atoms with Gasteiger partial charge in [-0.2, -0.15) is 0 Å². The smallest absolute Gasteiger partial charge is 0.229 e. The normalized spacial score (nSPS) is 17.0. The fourth-order valence-electron chi connectivity index (χ4n) is 3.01. The van der Waals surface area contributed by atoms with Gasteiger partial charge in [0.1, 0.15) is 11.6 Å². The predicted octanol–water partition coefficient (Wildman–Crippen LogP) is 4.08. The molecule has 1 heterocycles. The Kier molecular flexibility index (Phi) is 5.02. The first kappa shape index (κ1) is 18.0. The largest absolute Gasteiger partial charge is 0.326 e. The van der Waals surface area contributed by atoms with Crippen LogP contribution in [0.3, 0.4) is 0 Å². The van der Waals surface area contributed by atoms with Crippen LogP contribution >= 0.6 is 0 Å². The fourth-order valence-corrected chi connectivity index (χ4v) is 3.01. The summed E-state index contributed by atoms with van der Waals surface area (Å²) in [5.41, 5.74) is 1.81. The Hall–Kier alpha value is -2.76. The van der Waals surface area contributed by atoms with E-state index in [9.17, 15) is 18.4 Å². The molecule has 2 aromatic rings. The Bertz CT molecular complexity index is 834. The summed E-state index contributed by atoms with van der Waals surface area (Å²) >= 11 is 0. The van der Waals surface area contributed by atoms with Gasteiger partial charge in [-0.15, -0.1) is 0 Å². The van der Waals surface area contributed by atoms with E-state index in [1.807, 2.05) is 24.3 Å². The van der Waals surface area contributed by atoms with Crippen LogP contribution in [0.15, 0.2) is 42.5 Å². The highest BCUT2D eigenvalue weighted by molar-refractivity contribution is 6.03. The number of halogens is 2. The molecule has 0 saturated carbocycles. The number of anilines is 2.